The first-order valence-corrected chi connectivity index (χ1v) is 4.10. The Morgan fingerprint density at radius 1 is 1.75 bits per heavy atom. The van der Waals surface area contributed by atoms with E-state index in [0.29, 0.717) is 18.8 Å². The molecular weight excluding hydrogens is 156 g/mol. The van der Waals surface area contributed by atoms with Crippen LogP contribution >= 0.6 is 0 Å². The number of carbonyl (C=O) groups is 1. The Morgan fingerprint density at radius 3 is 2.67 bits per heavy atom. The maximum Gasteiger partial charge on any atom is 0.336 e. The molecule has 0 aromatic heterocycles. The molecule has 0 saturated carbocycles. The van der Waals surface area contributed by atoms with Crippen LogP contribution < -0.4 is 0 Å². The lowest BCUT2D eigenvalue weighted by atomic mass is 9.89. The third kappa shape index (κ3) is 1.50. The topological polar surface area (TPSA) is 35.5 Å². The number of hydrogen-bond acceptors (Lipinski definition) is 3. The summed E-state index contributed by atoms with van der Waals surface area (Å²) >= 11 is 0. The zero-order valence-electron chi connectivity index (χ0n) is 7.55. The summed E-state index contributed by atoms with van der Waals surface area (Å²) in [7, 11) is 0. The van der Waals surface area contributed by atoms with Crippen molar-refractivity contribution in [3.63, 3.8) is 0 Å². The van der Waals surface area contributed by atoms with Crippen LogP contribution in [0.3, 0.4) is 0 Å². The molecule has 1 unspecified atom stereocenters. The zero-order chi connectivity index (χ0) is 9.19. The van der Waals surface area contributed by atoms with Crippen LogP contribution in [0.15, 0.2) is 12.2 Å². The summed E-state index contributed by atoms with van der Waals surface area (Å²) in [5, 5.41) is 0. The van der Waals surface area contributed by atoms with Crippen LogP contribution in [0.1, 0.15) is 20.3 Å². The van der Waals surface area contributed by atoms with Crippen LogP contribution in [0, 0.1) is 0 Å². The van der Waals surface area contributed by atoms with Crippen molar-refractivity contribution in [2.75, 3.05) is 13.2 Å². The maximum atomic E-state index is 11.2. The third-order valence-electron chi connectivity index (χ3n) is 2.16. The van der Waals surface area contributed by atoms with Crippen LogP contribution in [-0.4, -0.2) is 24.8 Å². The highest BCUT2D eigenvalue weighted by Gasteiger charge is 2.39. The lowest BCUT2D eigenvalue weighted by Crippen LogP contribution is -2.44. The summed E-state index contributed by atoms with van der Waals surface area (Å²) in [5.41, 5.74) is -0.0395. The lowest BCUT2D eigenvalue weighted by molar-refractivity contribution is -0.150. The van der Waals surface area contributed by atoms with Gasteiger partial charge in [-0.3, -0.25) is 0 Å². The second-order valence-electron chi connectivity index (χ2n) is 3.03. The van der Waals surface area contributed by atoms with E-state index in [2.05, 4.69) is 6.58 Å². The van der Waals surface area contributed by atoms with Gasteiger partial charge in [-0.25, -0.2) is 4.79 Å². The monoisotopic (exact) mass is 170 g/mol. The zero-order valence-corrected chi connectivity index (χ0v) is 7.55. The molecule has 0 aromatic rings. The predicted octanol–water partition coefficient (Wildman–Crippen LogP) is 1.28. The van der Waals surface area contributed by atoms with Crippen LogP contribution in [0.4, 0.5) is 0 Å². The molecule has 1 atom stereocenters. The van der Waals surface area contributed by atoms with Crippen molar-refractivity contribution in [3.8, 4) is 0 Å². The SMILES string of the molecule is C=C(C(=O)OCC)C1(C)CCO1. The fraction of sp³-hybridized carbons (Fsp3) is 0.667. The van der Waals surface area contributed by atoms with Crippen molar-refractivity contribution < 1.29 is 14.3 Å². The molecule has 1 heterocycles. The van der Waals surface area contributed by atoms with Gasteiger partial charge in [-0.1, -0.05) is 6.58 Å². The van der Waals surface area contributed by atoms with Gasteiger partial charge in [-0.15, -0.1) is 0 Å². The van der Waals surface area contributed by atoms with Gasteiger partial charge in [-0.05, 0) is 13.8 Å². The maximum absolute atomic E-state index is 11.2. The smallest absolute Gasteiger partial charge is 0.336 e. The standard InChI is InChI=1S/C9H14O3/c1-4-11-8(10)7(2)9(3)5-6-12-9/h2,4-6H2,1,3H3. The fourth-order valence-corrected chi connectivity index (χ4v) is 1.08. The first kappa shape index (κ1) is 9.26. The molecule has 1 fully saturated rings. The van der Waals surface area contributed by atoms with Crippen LogP contribution in [0.25, 0.3) is 0 Å². The minimum atomic E-state index is -0.466. The molecule has 0 amide bonds. The Hall–Kier alpha value is -0.830. The van der Waals surface area contributed by atoms with E-state index in [1.54, 1.807) is 6.92 Å². The predicted molar refractivity (Wildman–Crippen MR) is 44.7 cm³/mol. The van der Waals surface area contributed by atoms with Crippen molar-refractivity contribution in [2.24, 2.45) is 0 Å². The quantitative estimate of drug-likeness (QED) is 0.473. The number of hydrogen-bond donors (Lipinski definition) is 0. The highest BCUT2D eigenvalue weighted by Crippen LogP contribution is 2.32. The average Bonchev–Trinajstić information content (AvgIpc) is 1.99. The van der Waals surface area contributed by atoms with E-state index in [4.69, 9.17) is 9.47 Å². The molecule has 1 aliphatic rings. The van der Waals surface area contributed by atoms with Crippen molar-refractivity contribution in [2.45, 2.75) is 25.9 Å². The molecule has 0 N–H and O–H groups in total. The minimum Gasteiger partial charge on any atom is -0.463 e. The average molecular weight is 170 g/mol. The molecule has 12 heavy (non-hydrogen) atoms. The molecule has 0 spiro atoms. The normalized spacial score (nSPS) is 27.5. The van der Waals surface area contributed by atoms with Crippen molar-refractivity contribution in [1.82, 2.24) is 0 Å². The summed E-state index contributed by atoms with van der Waals surface area (Å²) in [5.74, 6) is -0.347. The summed E-state index contributed by atoms with van der Waals surface area (Å²) in [6.45, 7) is 8.38. The van der Waals surface area contributed by atoms with E-state index in [-0.39, 0.29) is 5.97 Å². The van der Waals surface area contributed by atoms with Crippen molar-refractivity contribution in [3.05, 3.63) is 12.2 Å². The van der Waals surface area contributed by atoms with Gasteiger partial charge in [-0.2, -0.15) is 0 Å². The Balaban J connectivity index is 2.52. The number of rotatable bonds is 3. The molecule has 0 bridgehead atoms. The van der Waals surface area contributed by atoms with Crippen LogP contribution in [-0.2, 0) is 14.3 Å². The third-order valence-corrected chi connectivity index (χ3v) is 2.16. The van der Waals surface area contributed by atoms with Gasteiger partial charge in [0.05, 0.1) is 24.4 Å². The molecule has 68 valence electrons. The molecular formula is C9H14O3. The minimum absolute atomic E-state index is 0.347. The molecule has 1 saturated heterocycles. The second-order valence-corrected chi connectivity index (χ2v) is 3.03. The van der Waals surface area contributed by atoms with Crippen molar-refractivity contribution in [1.29, 1.82) is 0 Å². The largest absolute Gasteiger partial charge is 0.463 e. The number of esters is 1. The summed E-state index contributed by atoms with van der Waals surface area (Å²) in [4.78, 5) is 11.2. The molecule has 1 rings (SSSR count). The molecule has 1 aliphatic heterocycles. The molecule has 0 radical (unpaired) electrons. The number of ether oxygens (including phenoxy) is 2. The summed E-state index contributed by atoms with van der Waals surface area (Å²) in [6.07, 6.45) is 0.852. The molecule has 3 heteroatoms. The van der Waals surface area contributed by atoms with Crippen LogP contribution in [0.5, 0.6) is 0 Å². The van der Waals surface area contributed by atoms with E-state index < -0.39 is 5.60 Å². The van der Waals surface area contributed by atoms with Crippen molar-refractivity contribution >= 4 is 5.97 Å². The van der Waals surface area contributed by atoms with Crippen LogP contribution in [0.2, 0.25) is 0 Å². The van der Waals surface area contributed by atoms with Gasteiger partial charge in [0.25, 0.3) is 0 Å². The fourth-order valence-electron chi connectivity index (χ4n) is 1.08. The first-order valence-electron chi connectivity index (χ1n) is 4.10. The Morgan fingerprint density at radius 2 is 2.33 bits per heavy atom. The van der Waals surface area contributed by atoms with E-state index in [9.17, 15) is 4.79 Å². The molecule has 0 aliphatic carbocycles. The van der Waals surface area contributed by atoms with Gasteiger partial charge in [0.2, 0.25) is 0 Å². The van der Waals surface area contributed by atoms with E-state index in [0.717, 1.165) is 6.42 Å². The van der Waals surface area contributed by atoms with E-state index in [1.165, 1.54) is 0 Å². The van der Waals surface area contributed by atoms with Gasteiger partial charge in [0, 0.05) is 6.42 Å². The van der Waals surface area contributed by atoms with Gasteiger partial charge >= 0.3 is 5.97 Å². The van der Waals surface area contributed by atoms with Gasteiger partial charge in [0.1, 0.15) is 0 Å². The first-order chi connectivity index (χ1) is 5.60. The second kappa shape index (κ2) is 3.27. The van der Waals surface area contributed by atoms with Gasteiger partial charge in [0.15, 0.2) is 0 Å². The van der Waals surface area contributed by atoms with E-state index in [1.807, 2.05) is 6.92 Å². The van der Waals surface area contributed by atoms with Gasteiger partial charge < -0.3 is 9.47 Å². The van der Waals surface area contributed by atoms with E-state index >= 15 is 0 Å². The molecule has 3 nitrogen and oxygen atoms in total. The highest BCUT2D eigenvalue weighted by atomic mass is 16.5. The number of carbonyl (C=O) groups excluding carboxylic acids is 1. The Bertz CT molecular complexity index is 204. The highest BCUT2D eigenvalue weighted by molar-refractivity contribution is 5.90. The Kier molecular flexibility index (Phi) is 2.52. The summed E-state index contributed by atoms with van der Waals surface area (Å²) < 4.78 is 10.1. The molecule has 0 aromatic carbocycles. The summed E-state index contributed by atoms with van der Waals surface area (Å²) in [6, 6.07) is 0. The lowest BCUT2D eigenvalue weighted by Gasteiger charge is -2.38. The Labute approximate surface area is 72.4 Å².